The third-order valence-corrected chi connectivity index (χ3v) is 6.73. The number of nitrogens with zero attached hydrogens (tertiary/aromatic N) is 3. The van der Waals surface area contributed by atoms with Crippen molar-refractivity contribution in [3.63, 3.8) is 0 Å². The molecule has 2 aliphatic heterocycles. The molecule has 0 aromatic carbocycles. The maximum atomic E-state index is 12.6. The third kappa shape index (κ3) is 4.50. The molecule has 0 aromatic rings. The first-order chi connectivity index (χ1) is 13.9. The summed E-state index contributed by atoms with van der Waals surface area (Å²) in [4.78, 5) is 13.6. The lowest BCUT2D eigenvalue weighted by atomic mass is 9.91. The van der Waals surface area contributed by atoms with Gasteiger partial charge >= 0.3 is 6.18 Å². The number of hydrogen-bond acceptors (Lipinski definition) is 5. The quantitative estimate of drug-likeness (QED) is 0.538. The van der Waals surface area contributed by atoms with Crippen LogP contribution in [0, 0.1) is 29.6 Å². The average Bonchev–Trinajstić information content (AvgIpc) is 3.26. The Morgan fingerprint density at radius 2 is 1.90 bits per heavy atom. The van der Waals surface area contributed by atoms with E-state index < -0.39 is 12.7 Å². The van der Waals surface area contributed by atoms with Gasteiger partial charge in [0.15, 0.2) is 0 Å². The largest absolute Gasteiger partial charge is 0.401 e. The van der Waals surface area contributed by atoms with E-state index in [-0.39, 0.29) is 41.5 Å². The highest BCUT2D eigenvalue weighted by molar-refractivity contribution is 5.82. The molecule has 160 valence electrons. The summed E-state index contributed by atoms with van der Waals surface area (Å²) in [6.07, 6.45) is 8.16. The summed E-state index contributed by atoms with van der Waals surface area (Å²) < 4.78 is 37.7. The van der Waals surface area contributed by atoms with E-state index in [1.54, 1.807) is 0 Å². The van der Waals surface area contributed by atoms with Crippen LogP contribution in [0.4, 0.5) is 13.2 Å². The van der Waals surface area contributed by atoms with Crippen molar-refractivity contribution in [3.8, 4) is 0 Å². The fraction of sp³-hybridized carbons (Fsp3) is 0.700. The number of rotatable bonds is 5. The molecular weight excluding hydrogens is 385 g/mol. The molecule has 2 aliphatic carbocycles. The smallest absolute Gasteiger partial charge is 0.295 e. The standard InChI is InChI=1S/C20H27F3N4O2/c21-20(22,23)12-26-8-6-15(7-9-26)27-11-14(10-24-27)17-16(18(17)19(28)25-29)13-4-2-1-3-5-13/h1-4,10,13-18,29H,5-9,11-12H2,(H,25,28)/t13?,14?,16-,17-,18-/m1/s1. The van der Waals surface area contributed by atoms with Gasteiger partial charge in [-0.1, -0.05) is 24.3 Å². The minimum absolute atomic E-state index is 0.120. The van der Waals surface area contributed by atoms with Crippen LogP contribution < -0.4 is 5.48 Å². The minimum atomic E-state index is -4.16. The van der Waals surface area contributed by atoms with Crippen LogP contribution in [-0.2, 0) is 4.79 Å². The Morgan fingerprint density at radius 3 is 2.52 bits per heavy atom. The predicted octanol–water partition coefficient (Wildman–Crippen LogP) is 2.43. The van der Waals surface area contributed by atoms with E-state index in [0.29, 0.717) is 32.5 Å². The number of carbonyl (C=O) groups excluding carboxylic acids is 1. The van der Waals surface area contributed by atoms with Crippen LogP contribution >= 0.6 is 0 Å². The highest BCUT2D eigenvalue weighted by Gasteiger charge is 2.60. The summed E-state index contributed by atoms with van der Waals surface area (Å²) in [5.41, 5.74) is 1.81. The van der Waals surface area contributed by atoms with Crippen LogP contribution in [0.1, 0.15) is 19.3 Å². The van der Waals surface area contributed by atoms with E-state index in [4.69, 9.17) is 5.21 Å². The van der Waals surface area contributed by atoms with Gasteiger partial charge in [-0.05, 0) is 37.0 Å². The zero-order chi connectivity index (χ0) is 20.6. The number of hydroxylamine groups is 1. The van der Waals surface area contributed by atoms with Gasteiger partial charge in [0.25, 0.3) is 0 Å². The lowest BCUT2D eigenvalue weighted by molar-refractivity contribution is -0.149. The first kappa shape index (κ1) is 20.4. The summed E-state index contributed by atoms with van der Waals surface area (Å²) >= 11 is 0. The van der Waals surface area contributed by atoms with Gasteiger partial charge in [0.05, 0.1) is 6.54 Å². The number of hydrogen-bond donors (Lipinski definition) is 2. The van der Waals surface area contributed by atoms with Gasteiger partial charge < -0.3 is 0 Å². The summed E-state index contributed by atoms with van der Waals surface area (Å²) in [7, 11) is 0. The Bertz CT molecular complexity index is 700. The van der Waals surface area contributed by atoms with Crippen molar-refractivity contribution in [3.05, 3.63) is 24.3 Å². The van der Waals surface area contributed by atoms with E-state index in [9.17, 15) is 18.0 Å². The van der Waals surface area contributed by atoms with Gasteiger partial charge in [0.1, 0.15) is 0 Å². The van der Waals surface area contributed by atoms with Crippen LogP contribution in [0.15, 0.2) is 29.4 Å². The number of amides is 1. The van der Waals surface area contributed by atoms with Crippen molar-refractivity contribution in [1.82, 2.24) is 15.4 Å². The zero-order valence-corrected chi connectivity index (χ0v) is 16.1. The van der Waals surface area contributed by atoms with Crippen molar-refractivity contribution >= 4 is 12.1 Å². The fourth-order valence-electron chi connectivity index (χ4n) is 5.35. The number of nitrogens with one attached hydrogen (secondary N) is 1. The number of alkyl halides is 3. The van der Waals surface area contributed by atoms with E-state index in [1.807, 2.05) is 28.9 Å². The summed E-state index contributed by atoms with van der Waals surface area (Å²) in [5.74, 6) is 0.132. The van der Waals surface area contributed by atoms with E-state index in [1.165, 1.54) is 4.90 Å². The van der Waals surface area contributed by atoms with Crippen molar-refractivity contribution in [1.29, 1.82) is 0 Å². The molecule has 1 saturated carbocycles. The molecule has 1 saturated heterocycles. The maximum absolute atomic E-state index is 12.6. The monoisotopic (exact) mass is 412 g/mol. The van der Waals surface area contributed by atoms with Gasteiger partial charge in [0.2, 0.25) is 5.91 Å². The van der Waals surface area contributed by atoms with Crippen molar-refractivity contribution in [2.75, 3.05) is 26.2 Å². The highest BCUT2D eigenvalue weighted by Crippen LogP contribution is 2.57. The van der Waals surface area contributed by atoms with Crippen LogP contribution in [-0.4, -0.2) is 65.6 Å². The molecule has 2 N–H and O–H groups in total. The molecule has 29 heavy (non-hydrogen) atoms. The molecule has 0 aromatic heterocycles. The molecule has 0 bridgehead atoms. The SMILES string of the molecule is O=C(NO)[C@@H]1[C@H](C2C=CC=CC2)[C@H]1C1C=NN(C2CCN(CC(F)(F)F)CC2)C1. The number of piperidine rings is 1. The van der Waals surface area contributed by atoms with Crippen molar-refractivity contribution < 1.29 is 23.2 Å². The van der Waals surface area contributed by atoms with Crippen LogP contribution in [0.2, 0.25) is 0 Å². The number of allylic oxidation sites excluding steroid dienone is 4. The van der Waals surface area contributed by atoms with E-state index >= 15 is 0 Å². The van der Waals surface area contributed by atoms with Gasteiger partial charge in [0, 0.05) is 43.7 Å². The van der Waals surface area contributed by atoms with Crippen LogP contribution in [0.25, 0.3) is 0 Å². The zero-order valence-electron chi connectivity index (χ0n) is 16.1. The lowest BCUT2D eigenvalue weighted by Gasteiger charge is -2.36. The molecule has 2 heterocycles. The number of halogens is 3. The molecular formula is C20H27F3N4O2. The van der Waals surface area contributed by atoms with Crippen LogP contribution in [0.3, 0.4) is 0 Å². The second kappa shape index (κ2) is 8.10. The maximum Gasteiger partial charge on any atom is 0.401 e. The molecule has 0 spiro atoms. The molecule has 5 atom stereocenters. The fourth-order valence-corrected chi connectivity index (χ4v) is 5.35. The molecule has 2 unspecified atom stereocenters. The predicted molar refractivity (Wildman–Crippen MR) is 101 cm³/mol. The summed E-state index contributed by atoms with van der Waals surface area (Å²) in [6, 6.07) is 0.139. The minimum Gasteiger partial charge on any atom is -0.295 e. The van der Waals surface area contributed by atoms with Gasteiger partial charge in [-0.25, -0.2) is 5.48 Å². The van der Waals surface area contributed by atoms with E-state index in [2.05, 4.69) is 17.3 Å². The summed E-state index contributed by atoms with van der Waals surface area (Å²) in [6.45, 7) is 0.673. The van der Waals surface area contributed by atoms with Gasteiger partial charge in [-0.15, -0.1) is 0 Å². The Balaban J connectivity index is 1.32. The van der Waals surface area contributed by atoms with E-state index in [0.717, 1.165) is 6.42 Å². The molecule has 4 aliphatic rings. The lowest BCUT2D eigenvalue weighted by Crippen LogP contribution is -2.45. The number of carbonyl (C=O) groups is 1. The number of hydrazone groups is 1. The second-order valence-electron chi connectivity index (χ2n) is 8.54. The number of likely N-dealkylation sites (tertiary alicyclic amines) is 1. The highest BCUT2D eigenvalue weighted by atomic mass is 19.4. The van der Waals surface area contributed by atoms with Crippen molar-refractivity contribution in [2.24, 2.45) is 34.7 Å². The summed E-state index contributed by atoms with van der Waals surface area (Å²) in [5, 5.41) is 15.7. The van der Waals surface area contributed by atoms with Crippen LogP contribution in [0.5, 0.6) is 0 Å². The van der Waals surface area contributed by atoms with Gasteiger partial charge in [-0.2, -0.15) is 18.3 Å². The molecule has 0 radical (unpaired) electrons. The third-order valence-electron chi connectivity index (χ3n) is 6.73. The topological polar surface area (TPSA) is 68.2 Å². The Labute approximate surface area is 168 Å². The normalized spacial score (nSPS) is 35.3. The van der Waals surface area contributed by atoms with Crippen molar-refractivity contribution in [2.45, 2.75) is 31.5 Å². The average molecular weight is 412 g/mol. The van der Waals surface area contributed by atoms with Gasteiger partial charge in [-0.3, -0.25) is 19.9 Å². The molecule has 6 nitrogen and oxygen atoms in total. The Hall–Kier alpha value is -1.87. The molecule has 1 amide bonds. The first-order valence-electron chi connectivity index (χ1n) is 10.2. The molecule has 9 heteroatoms. The molecule has 4 rings (SSSR count). The second-order valence-corrected chi connectivity index (χ2v) is 8.54. The Kier molecular flexibility index (Phi) is 5.70. The molecule has 2 fully saturated rings. The Morgan fingerprint density at radius 1 is 1.17 bits per heavy atom. The first-order valence-corrected chi connectivity index (χ1v) is 10.2.